The molecule has 17 heavy (non-hydrogen) atoms. The number of hydrogen-bond acceptors (Lipinski definition) is 5. The molecule has 1 aliphatic rings. The highest BCUT2D eigenvalue weighted by atomic mass is 32.2. The Bertz CT molecular complexity index is 346. The van der Waals surface area contributed by atoms with E-state index in [9.17, 15) is 0 Å². The van der Waals surface area contributed by atoms with Crippen molar-refractivity contribution in [2.24, 2.45) is 7.05 Å². The fraction of sp³-hybridized carbons (Fsp3) is 0.818. The van der Waals surface area contributed by atoms with Crippen LogP contribution in [0, 0.1) is 6.92 Å². The van der Waals surface area contributed by atoms with Gasteiger partial charge in [0.25, 0.3) is 0 Å². The second-order valence-corrected chi connectivity index (χ2v) is 5.58. The number of hydrogen-bond donors (Lipinski definition) is 1. The normalized spacial score (nSPS) is 17.5. The zero-order valence-electron chi connectivity index (χ0n) is 10.6. The standard InChI is InChI=1S/C11H21N5S/c1-10-13-14-11(15(10)2)9-12-3-4-16-5-7-17-8-6-16/h12H,3-9H2,1-2H3. The van der Waals surface area contributed by atoms with Gasteiger partial charge in [0.2, 0.25) is 0 Å². The zero-order chi connectivity index (χ0) is 12.1. The molecule has 0 amide bonds. The third-order valence-electron chi connectivity index (χ3n) is 3.17. The molecule has 0 unspecified atom stereocenters. The Labute approximate surface area is 107 Å². The molecule has 0 bridgehead atoms. The molecule has 6 heteroatoms. The Morgan fingerprint density at radius 2 is 2.06 bits per heavy atom. The Kier molecular flexibility index (Phi) is 4.82. The molecular formula is C11H21N5S. The van der Waals surface area contributed by atoms with Gasteiger partial charge in [0.1, 0.15) is 11.6 Å². The van der Waals surface area contributed by atoms with E-state index in [-0.39, 0.29) is 0 Å². The third kappa shape index (κ3) is 3.69. The molecule has 2 heterocycles. The third-order valence-corrected chi connectivity index (χ3v) is 4.12. The smallest absolute Gasteiger partial charge is 0.146 e. The number of rotatable bonds is 5. The quantitative estimate of drug-likeness (QED) is 0.765. The summed E-state index contributed by atoms with van der Waals surface area (Å²) in [6.07, 6.45) is 0. The molecule has 96 valence electrons. The molecule has 1 aromatic rings. The highest BCUT2D eigenvalue weighted by molar-refractivity contribution is 7.99. The summed E-state index contributed by atoms with van der Waals surface area (Å²) in [5, 5.41) is 11.6. The van der Waals surface area contributed by atoms with Crippen LogP contribution in [0.5, 0.6) is 0 Å². The second kappa shape index (κ2) is 6.37. The van der Waals surface area contributed by atoms with Crippen molar-refractivity contribution in [1.82, 2.24) is 25.0 Å². The second-order valence-electron chi connectivity index (χ2n) is 4.35. The van der Waals surface area contributed by atoms with Gasteiger partial charge in [-0.3, -0.25) is 0 Å². The highest BCUT2D eigenvalue weighted by Crippen LogP contribution is 2.07. The fourth-order valence-electron chi connectivity index (χ4n) is 1.87. The largest absolute Gasteiger partial charge is 0.317 e. The van der Waals surface area contributed by atoms with Crippen LogP contribution in [0.3, 0.4) is 0 Å². The molecule has 1 N–H and O–H groups in total. The van der Waals surface area contributed by atoms with Crippen LogP contribution in [-0.4, -0.2) is 57.3 Å². The number of nitrogens with zero attached hydrogens (tertiary/aromatic N) is 4. The zero-order valence-corrected chi connectivity index (χ0v) is 11.5. The number of aryl methyl sites for hydroxylation is 1. The van der Waals surface area contributed by atoms with Gasteiger partial charge in [-0.15, -0.1) is 10.2 Å². The lowest BCUT2D eigenvalue weighted by Crippen LogP contribution is -2.37. The number of nitrogens with one attached hydrogen (secondary N) is 1. The Balaban J connectivity index is 1.64. The first-order valence-electron chi connectivity index (χ1n) is 6.13. The van der Waals surface area contributed by atoms with Crippen LogP contribution in [0.1, 0.15) is 11.6 Å². The maximum atomic E-state index is 4.13. The molecule has 0 radical (unpaired) electrons. The van der Waals surface area contributed by atoms with Crippen molar-refractivity contribution >= 4 is 11.8 Å². The van der Waals surface area contributed by atoms with Crippen LogP contribution in [0.4, 0.5) is 0 Å². The summed E-state index contributed by atoms with van der Waals surface area (Å²) < 4.78 is 2.03. The topological polar surface area (TPSA) is 46.0 Å². The lowest BCUT2D eigenvalue weighted by Gasteiger charge is -2.25. The van der Waals surface area contributed by atoms with E-state index in [4.69, 9.17) is 0 Å². The van der Waals surface area contributed by atoms with E-state index in [0.717, 1.165) is 31.3 Å². The van der Waals surface area contributed by atoms with Gasteiger partial charge in [0.05, 0.1) is 6.54 Å². The Morgan fingerprint density at radius 1 is 1.29 bits per heavy atom. The van der Waals surface area contributed by atoms with Crippen LogP contribution in [0.15, 0.2) is 0 Å². The molecule has 1 fully saturated rings. The summed E-state index contributed by atoms with van der Waals surface area (Å²) in [4.78, 5) is 2.52. The number of aromatic nitrogens is 3. The van der Waals surface area contributed by atoms with E-state index in [0.29, 0.717) is 0 Å². The minimum absolute atomic E-state index is 0.805. The molecular weight excluding hydrogens is 234 g/mol. The van der Waals surface area contributed by atoms with Crippen molar-refractivity contribution in [3.05, 3.63) is 11.6 Å². The summed E-state index contributed by atoms with van der Waals surface area (Å²) in [6, 6.07) is 0. The molecule has 5 nitrogen and oxygen atoms in total. The lowest BCUT2D eigenvalue weighted by atomic mass is 10.4. The Morgan fingerprint density at radius 3 is 2.71 bits per heavy atom. The van der Waals surface area contributed by atoms with Gasteiger partial charge in [0.15, 0.2) is 0 Å². The molecule has 0 aliphatic carbocycles. The van der Waals surface area contributed by atoms with E-state index in [1.165, 1.54) is 24.6 Å². The van der Waals surface area contributed by atoms with Gasteiger partial charge in [-0.05, 0) is 6.92 Å². The van der Waals surface area contributed by atoms with Crippen molar-refractivity contribution in [2.45, 2.75) is 13.5 Å². The summed E-state index contributed by atoms with van der Waals surface area (Å²) in [7, 11) is 2.01. The van der Waals surface area contributed by atoms with Gasteiger partial charge in [-0.25, -0.2) is 0 Å². The van der Waals surface area contributed by atoms with Gasteiger partial charge < -0.3 is 14.8 Å². The van der Waals surface area contributed by atoms with Crippen LogP contribution in [0.2, 0.25) is 0 Å². The summed E-state index contributed by atoms with van der Waals surface area (Å²) in [5.41, 5.74) is 0. The molecule has 0 atom stereocenters. The van der Waals surface area contributed by atoms with Crippen molar-refractivity contribution in [3.63, 3.8) is 0 Å². The van der Waals surface area contributed by atoms with Gasteiger partial charge in [-0.2, -0.15) is 11.8 Å². The minimum atomic E-state index is 0.805. The summed E-state index contributed by atoms with van der Waals surface area (Å²) >= 11 is 2.06. The monoisotopic (exact) mass is 255 g/mol. The fourth-order valence-corrected chi connectivity index (χ4v) is 2.85. The maximum Gasteiger partial charge on any atom is 0.146 e. The highest BCUT2D eigenvalue weighted by Gasteiger charge is 2.09. The molecule has 1 saturated heterocycles. The summed E-state index contributed by atoms with van der Waals surface area (Å²) in [6.45, 7) is 7.40. The van der Waals surface area contributed by atoms with Gasteiger partial charge in [-0.1, -0.05) is 0 Å². The van der Waals surface area contributed by atoms with E-state index in [2.05, 4.69) is 32.2 Å². The first-order chi connectivity index (χ1) is 8.27. The SMILES string of the molecule is Cc1nnc(CNCCN2CCSCC2)n1C. The van der Waals surface area contributed by atoms with Crippen LogP contribution >= 0.6 is 11.8 Å². The van der Waals surface area contributed by atoms with E-state index < -0.39 is 0 Å². The predicted octanol–water partition coefficient (Wildman–Crippen LogP) is 0.262. The molecule has 1 aromatic heterocycles. The van der Waals surface area contributed by atoms with Crippen LogP contribution in [0.25, 0.3) is 0 Å². The van der Waals surface area contributed by atoms with Crippen molar-refractivity contribution in [1.29, 1.82) is 0 Å². The minimum Gasteiger partial charge on any atom is -0.317 e. The molecule has 0 spiro atoms. The maximum absolute atomic E-state index is 4.13. The van der Waals surface area contributed by atoms with Crippen LogP contribution in [-0.2, 0) is 13.6 Å². The van der Waals surface area contributed by atoms with Crippen LogP contribution < -0.4 is 5.32 Å². The van der Waals surface area contributed by atoms with Gasteiger partial charge >= 0.3 is 0 Å². The summed E-state index contributed by atoms with van der Waals surface area (Å²) in [5.74, 6) is 4.54. The molecule has 0 aromatic carbocycles. The van der Waals surface area contributed by atoms with E-state index >= 15 is 0 Å². The first-order valence-corrected chi connectivity index (χ1v) is 7.28. The Hall–Kier alpha value is -0.590. The average molecular weight is 255 g/mol. The van der Waals surface area contributed by atoms with E-state index in [1.807, 2.05) is 18.5 Å². The van der Waals surface area contributed by atoms with E-state index in [1.54, 1.807) is 0 Å². The average Bonchev–Trinajstić information content (AvgIpc) is 2.67. The van der Waals surface area contributed by atoms with Crippen molar-refractivity contribution in [3.8, 4) is 0 Å². The van der Waals surface area contributed by atoms with Crippen molar-refractivity contribution in [2.75, 3.05) is 37.7 Å². The molecule has 0 saturated carbocycles. The molecule has 1 aliphatic heterocycles. The first kappa shape index (κ1) is 12.9. The number of thioether (sulfide) groups is 1. The van der Waals surface area contributed by atoms with Gasteiger partial charge in [0, 0.05) is 44.7 Å². The predicted molar refractivity (Wildman–Crippen MR) is 71.2 cm³/mol. The van der Waals surface area contributed by atoms with Crippen molar-refractivity contribution < 1.29 is 0 Å². The lowest BCUT2D eigenvalue weighted by molar-refractivity contribution is 0.300. The molecule has 2 rings (SSSR count).